The van der Waals surface area contributed by atoms with Crippen LogP contribution in [0.1, 0.15) is 36.9 Å². The molecule has 0 aliphatic carbocycles. The smallest absolute Gasteiger partial charge is 0.213 e. The number of aryl methyl sites for hydroxylation is 1. The highest BCUT2D eigenvalue weighted by atomic mass is 32.2. The van der Waals surface area contributed by atoms with E-state index < -0.39 is 11.5 Å². The number of halogens is 1. The third kappa shape index (κ3) is 1.97. The quantitative estimate of drug-likeness (QED) is 0.781. The molecule has 0 radical (unpaired) electrons. The Kier molecular flexibility index (Phi) is 2.67. The second-order valence-corrected chi connectivity index (χ2v) is 6.77. The lowest BCUT2D eigenvalue weighted by Crippen LogP contribution is -2.35. The fourth-order valence-electron chi connectivity index (χ4n) is 3.16. The van der Waals surface area contributed by atoms with E-state index in [0.29, 0.717) is 16.2 Å². The van der Waals surface area contributed by atoms with Gasteiger partial charge in [-0.05, 0) is 44.7 Å². The van der Waals surface area contributed by atoms with Gasteiger partial charge in [0, 0.05) is 21.8 Å². The van der Waals surface area contributed by atoms with Gasteiger partial charge in [-0.1, -0.05) is 0 Å². The van der Waals surface area contributed by atoms with Gasteiger partial charge in [-0.2, -0.15) is 16.2 Å². The number of hydrogen-bond donors (Lipinski definition) is 1. The summed E-state index contributed by atoms with van der Waals surface area (Å²) in [6.45, 7) is 1.78. The molecular weight excluding hydrogens is 237 g/mol. The van der Waals surface area contributed by atoms with E-state index in [1.165, 1.54) is 18.9 Å². The van der Waals surface area contributed by atoms with Crippen LogP contribution in [-0.4, -0.2) is 20.6 Å². The van der Waals surface area contributed by atoms with E-state index in [4.69, 9.17) is 0 Å². The Bertz CT molecular complexity index is 439. The van der Waals surface area contributed by atoms with Crippen LogP contribution >= 0.6 is 11.8 Å². The number of thioether (sulfide) groups is 1. The second kappa shape index (κ2) is 3.95. The maximum absolute atomic E-state index is 13.0. The first-order valence-electron chi connectivity index (χ1n) is 6.08. The summed E-state index contributed by atoms with van der Waals surface area (Å²) < 4.78 is 13.0. The van der Waals surface area contributed by atoms with Crippen molar-refractivity contribution in [3.05, 3.63) is 29.3 Å². The Morgan fingerprint density at radius 3 is 2.59 bits per heavy atom. The zero-order valence-corrected chi connectivity index (χ0v) is 10.6. The second-order valence-electron chi connectivity index (χ2n) is 5.16. The van der Waals surface area contributed by atoms with Gasteiger partial charge in [0.1, 0.15) is 0 Å². The molecule has 0 amide bonds. The third-order valence-electron chi connectivity index (χ3n) is 3.88. The van der Waals surface area contributed by atoms with E-state index in [1.807, 2.05) is 11.8 Å². The fourth-order valence-corrected chi connectivity index (χ4v) is 4.99. The summed E-state index contributed by atoms with van der Waals surface area (Å²) in [5.74, 6) is -0.469. The van der Waals surface area contributed by atoms with Gasteiger partial charge in [0.05, 0.1) is 5.60 Å². The van der Waals surface area contributed by atoms with Crippen LogP contribution in [0.2, 0.25) is 0 Å². The van der Waals surface area contributed by atoms with E-state index in [9.17, 15) is 9.50 Å². The van der Waals surface area contributed by atoms with Crippen molar-refractivity contribution in [2.75, 3.05) is 0 Å². The first-order chi connectivity index (χ1) is 8.07. The van der Waals surface area contributed by atoms with Crippen molar-refractivity contribution in [3.8, 4) is 0 Å². The molecule has 17 heavy (non-hydrogen) atoms. The number of fused-ring (bicyclic) bond motifs is 2. The lowest BCUT2D eigenvalue weighted by molar-refractivity contribution is 0.0185. The van der Waals surface area contributed by atoms with Crippen LogP contribution in [0.3, 0.4) is 0 Å². The van der Waals surface area contributed by atoms with Crippen LogP contribution in [0.5, 0.6) is 0 Å². The van der Waals surface area contributed by atoms with Crippen molar-refractivity contribution in [1.29, 1.82) is 0 Å². The minimum absolute atomic E-state index is 0.469. The minimum atomic E-state index is -0.790. The Morgan fingerprint density at radius 1 is 1.35 bits per heavy atom. The Balaban J connectivity index is 1.97. The molecule has 3 heterocycles. The fraction of sp³-hybridized carbons (Fsp3) is 0.615. The van der Waals surface area contributed by atoms with Gasteiger partial charge in [-0.15, -0.1) is 0 Å². The number of pyridine rings is 1. The van der Waals surface area contributed by atoms with Crippen LogP contribution < -0.4 is 0 Å². The largest absolute Gasteiger partial charge is 0.385 e. The summed E-state index contributed by atoms with van der Waals surface area (Å²) in [5, 5.41) is 11.9. The highest BCUT2D eigenvalue weighted by Gasteiger charge is 2.45. The molecule has 2 fully saturated rings. The zero-order chi connectivity index (χ0) is 12.0. The summed E-state index contributed by atoms with van der Waals surface area (Å²) >= 11 is 2.00. The van der Waals surface area contributed by atoms with Crippen molar-refractivity contribution in [1.82, 2.24) is 4.98 Å². The summed E-state index contributed by atoms with van der Waals surface area (Å²) in [5.41, 5.74) is 0.650. The Morgan fingerprint density at radius 2 is 2.00 bits per heavy atom. The van der Waals surface area contributed by atoms with Gasteiger partial charge in [0.25, 0.3) is 0 Å². The zero-order valence-electron chi connectivity index (χ0n) is 9.82. The van der Waals surface area contributed by atoms with Crippen molar-refractivity contribution < 1.29 is 9.50 Å². The van der Waals surface area contributed by atoms with Crippen LogP contribution in [0.25, 0.3) is 0 Å². The highest BCUT2D eigenvalue weighted by molar-refractivity contribution is 8.00. The predicted octanol–water partition coefficient (Wildman–Crippen LogP) is 2.77. The molecule has 0 aromatic carbocycles. The van der Waals surface area contributed by atoms with Gasteiger partial charge < -0.3 is 5.11 Å². The van der Waals surface area contributed by atoms with Crippen LogP contribution in [0.4, 0.5) is 4.39 Å². The molecule has 2 aliphatic rings. The molecule has 4 heteroatoms. The normalized spacial score (nSPS) is 36.2. The summed E-state index contributed by atoms with van der Waals surface area (Å²) in [7, 11) is 0. The van der Waals surface area contributed by atoms with Gasteiger partial charge in [0.15, 0.2) is 0 Å². The Labute approximate surface area is 105 Å². The van der Waals surface area contributed by atoms with Crippen molar-refractivity contribution in [2.24, 2.45) is 0 Å². The molecule has 2 aliphatic heterocycles. The van der Waals surface area contributed by atoms with Crippen LogP contribution in [0.15, 0.2) is 12.1 Å². The maximum Gasteiger partial charge on any atom is 0.213 e. The van der Waals surface area contributed by atoms with E-state index >= 15 is 0 Å². The molecule has 2 saturated heterocycles. The molecule has 0 spiro atoms. The van der Waals surface area contributed by atoms with Gasteiger partial charge in [-0.3, -0.25) is 0 Å². The summed E-state index contributed by atoms with van der Waals surface area (Å²) in [4.78, 5) is 3.83. The topological polar surface area (TPSA) is 33.1 Å². The van der Waals surface area contributed by atoms with Gasteiger partial charge >= 0.3 is 0 Å². The number of aliphatic hydroxyl groups is 1. The third-order valence-corrected chi connectivity index (χ3v) is 5.45. The summed E-state index contributed by atoms with van der Waals surface area (Å²) in [6.07, 6.45) is 3.96. The number of nitrogens with zero attached hydrogens (tertiary/aromatic N) is 1. The molecule has 2 bridgehead atoms. The van der Waals surface area contributed by atoms with Crippen molar-refractivity contribution in [2.45, 2.75) is 48.7 Å². The molecule has 1 N–H and O–H groups in total. The monoisotopic (exact) mass is 253 g/mol. The Hall–Kier alpha value is -0.610. The average molecular weight is 253 g/mol. The molecule has 2 atom stereocenters. The number of rotatable bonds is 1. The predicted molar refractivity (Wildman–Crippen MR) is 66.5 cm³/mol. The van der Waals surface area contributed by atoms with E-state index in [2.05, 4.69) is 4.98 Å². The molecular formula is C13H16FNOS. The lowest BCUT2D eigenvalue weighted by atomic mass is 9.85. The molecule has 1 aromatic rings. The SMILES string of the molecule is Cc1nc(F)ccc1C1(O)CC2CCC(C1)S2. The number of hydrogen-bond acceptors (Lipinski definition) is 3. The average Bonchev–Trinajstić information content (AvgIpc) is 2.58. The molecule has 2 nitrogen and oxygen atoms in total. The summed E-state index contributed by atoms with van der Waals surface area (Å²) in [6, 6.07) is 3.05. The maximum atomic E-state index is 13.0. The number of aromatic nitrogens is 1. The van der Waals surface area contributed by atoms with E-state index in [1.54, 1.807) is 13.0 Å². The molecule has 1 aromatic heterocycles. The van der Waals surface area contributed by atoms with E-state index in [-0.39, 0.29) is 0 Å². The molecule has 92 valence electrons. The standard InChI is InChI=1S/C13H16FNOS/c1-8-11(4-5-12(14)15-8)13(16)6-9-2-3-10(7-13)17-9/h4-5,9-10,16H,2-3,6-7H2,1H3. The molecule has 3 rings (SSSR count). The molecule has 0 saturated carbocycles. The molecule has 2 unspecified atom stereocenters. The first kappa shape index (κ1) is 11.5. The first-order valence-corrected chi connectivity index (χ1v) is 7.02. The van der Waals surface area contributed by atoms with Crippen molar-refractivity contribution >= 4 is 11.8 Å². The van der Waals surface area contributed by atoms with Gasteiger partial charge in [0.2, 0.25) is 5.95 Å². The van der Waals surface area contributed by atoms with Gasteiger partial charge in [-0.25, -0.2) is 4.98 Å². The van der Waals surface area contributed by atoms with Crippen molar-refractivity contribution in [3.63, 3.8) is 0 Å². The van der Waals surface area contributed by atoms with E-state index in [0.717, 1.165) is 18.4 Å². The minimum Gasteiger partial charge on any atom is -0.385 e. The highest BCUT2D eigenvalue weighted by Crippen LogP contribution is 2.51. The van der Waals surface area contributed by atoms with Crippen LogP contribution in [0, 0.1) is 12.9 Å². The van der Waals surface area contributed by atoms with Crippen LogP contribution in [-0.2, 0) is 5.60 Å². The lowest BCUT2D eigenvalue weighted by Gasteiger charge is -2.37.